The molecule has 0 atom stereocenters. The first-order valence-corrected chi connectivity index (χ1v) is 13.5. The van der Waals surface area contributed by atoms with Gasteiger partial charge in [-0.05, 0) is 117 Å². The van der Waals surface area contributed by atoms with Crippen LogP contribution in [-0.4, -0.2) is 48.8 Å². The average Bonchev–Trinajstić information content (AvgIpc) is 3.59. The van der Waals surface area contributed by atoms with Crippen LogP contribution >= 0.6 is 0 Å². The fraction of sp³-hybridized carbons (Fsp3) is 0.265. The van der Waals surface area contributed by atoms with Gasteiger partial charge in [-0.25, -0.2) is 4.79 Å². The van der Waals surface area contributed by atoms with Gasteiger partial charge in [-0.3, -0.25) is 4.90 Å². The SMILES string of the molecule is Cc1cc2cc(/C(=C\COc3ccc(OCC(=O)O)c(C)c3)c3ccc(C#CCN4CCCC4)cc3)ccc2o1. The zero-order chi connectivity index (χ0) is 27.9. The van der Waals surface area contributed by atoms with Gasteiger partial charge in [0.2, 0.25) is 0 Å². The van der Waals surface area contributed by atoms with Gasteiger partial charge in [0, 0.05) is 10.9 Å². The number of benzene rings is 3. The molecule has 1 saturated heterocycles. The number of aryl methyl sites for hydroxylation is 2. The molecule has 6 nitrogen and oxygen atoms in total. The Balaban J connectivity index is 1.35. The summed E-state index contributed by atoms with van der Waals surface area (Å²) in [6.45, 7) is 6.90. The minimum atomic E-state index is -1.01. The molecular formula is C34H33NO5. The molecule has 0 radical (unpaired) electrons. The van der Waals surface area contributed by atoms with E-state index in [9.17, 15) is 4.79 Å². The average molecular weight is 536 g/mol. The summed E-state index contributed by atoms with van der Waals surface area (Å²) in [6.07, 6.45) is 4.61. The van der Waals surface area contributed by atoms with Crippen molar-refractivity contribution in [2.45, 2.75) is 26.7 Å². The van der Waals surface area contributed by atoms with E-state index in [2.05, 4.69) is 59.2 Å². The highest BCUT2D eigenvalue weighted by molar-refractivity contribution is 5.87. The fourth-order valence-corrected chi connectivity index (χ4v) is 4.91. The minimum Gasteiger partial charge on any atom is -0.489 e. The van der Waals surface area contributed by atoms with Gasteiger partial charge in [0.05, 0.1) is 6.54 Å². The summed E-state index contributed by atoms with van der Waals surface area (Å²) in [5.41, 5.74) is 5.86. The molecule has 0 bridgehead atoms. The second kappa shape index (κ2) is 12.6. The zero-order valence-corrected chi connectivity index (χ0v) is 22.9. The number of nitrogens with zero attached hydrogens (tertiary/aromatic N) is 1. The first-order chi connectivity index (χ1) is 19.4. The molecule has 0 saturated carbocycles. The summed E-state index contributed by atoms with van der Waals surface area (Å²) in [5, 5.41) is 9.91. The minimum absolute atomic E-state index is 0.351. The highest BCUT2D eigenvalue weighted by Gasteiger charge is 2.11. The lowest BCUT2D eigenvalue weighted by Crippen LogP contribution is -2.18. The van der Waals surface area contributed by atoms with Crippen molar-refractivity contribution in [3.05, 3.63) is 101 Å². The Kier molecular flexibility index (Phi) is 8.53. The summed E-state index contributed by atoms with van der Waals surface area (Å²) in [4.78, 5) is 13.2. The fourth-order valence-electron chi connectivity index (χ4n) is 4.91. The lowest BCUT2D eigenvalue weighted by molar-refractivity contribution is -0.139. The molecule has 204 valence electrons. The van der Waals surface area contributed by atoms with E-state index in [0.29, 0.717) is 18.1 Å². The summed E-state index contributed by atoms with van der Waals surface area (Å²) < 4.78 is 17.2. The largest absolute Gasteiger partial charge is 0.489 e. The first kappa shape index (κ1) is 27.1. The van der Waals surface area contributed by atoms with Gasteiger partial charge in [-0.15, -0.1) is 0 Å². The van der Waals surface area contributed by atoms with Crippen LogP contribution < -0.4 is 9.47 Å². The van der Waals surface area contributed by atoms with Crippen LogP contribution in [0.15, 0.2) is 77.2 Å². The van der Waals surface area contributed by atoms with Gasteiger partial charge in [-0.1, -0.05) is 30.0 Å². The predicted octanol–water partition coefficient (Wildman–Crippen LogP) is 6.47. The van der Waals surface area contributed by atoms with Crippen LogP contribution in [0.4, 0.5) is 0 Å². The van der Waals surface area contributed by atoms with Gasteiger partial charge in [0.15, 0.2) is 6.61 Å². The Morgan fingerprint density at radius 3 is 2.50 bits per heavy atom. The molecule has 0 spiro atoms. The smallest absolute Gasteiger partial charge is 0.341 e. The highest BCUT2D eigenvalue weighted by Crippen LogP contribution is 2.29. The maximum absolute atomic E-state index is 10.8. The molecule has 1 aromatic heterocycles. The van der Waals surface area contributed by atoms with Gasteiger partial charge < -0.3 is 19.0 Å². The molecule has 0 unspecified atom stereocenters. The monoisotopic (exact) mass is 535 g/mol. The van der Waals surface area contributed by atoms with Crippen LogP contribution in [0.2, 0.25) is 0 Å². The number of hydrogen-bond donors (Lipinski definition) is 1. The molecule has 1 N–H and O–H groups in total. The molecule has 6 heteroatoms. The number of hydrogen-bond acceptors (Lipinski definition) is 5. The highest BCUT2D eigenvalue weighted by atomic mass is 16.5. The van der Waals surface area contributed by atoms with E-state index in [1.807, 2.05) is 32.0 Å². The van der Waals surface area contributed by atoms with E-state index in [4.69, 9.17) is 19.0 Å². The number of aliphatic carboxylic acids is 1. The molecule has 40 heavy (non-hydrogen) atoms. The topological polar surface area (TPSA) is 72.1 Å². The lowest BCUT2D eigenvalue weighted by atomic mass is 9.96. The Morgan fingerprint density at radius 2 is 1.75 bits per heavy atom. The third kappa shape index (κ3) is 6.93. The van der Waals surface area contributed by atoms with E-state index < -0.39 is 5.97 Å². The first-order valence-electron chi connectivity index (χ1n) is 13.5. The van der Waals surface area contributed by atoms with Crippen LogP contribution in [0.3, 0.4) is 0 Å². The number of carboxylic acids is 1. The van der Waals surface area contributed by atoms with E-state index in [0.717, 1.165) is 64.2 Å². The molecule has 1 aliphatic rings. The standard InChI is InChI=1S/C34H33NO5/c1-24-20-30(12-14-32(24)39-23-34(36)37)38-19-15-31(28-11-13-33-29(22-28)21-25(2)40-33)27-9-7-26(8-10-27)6-5-18-35-16-3-4-17-35/h7-15,20-22H,3-4,16-19,23H2,1-2H3,(H,36,37)/b31-15-. The quantitative estimate of drug-likeness (QED) is 0.248. The van der Waals surface area contributed by atoms with Crippen LogP contribution in [0.25, 0.3) is 16.5 Å². The molecule has 1 fully saturated rings. The van der Waals surface area contributed by atoms with Crippen LogP contribution in [0.5, 0.6) is 11.5 Å². The van der Waals surface area contributed by atoms with E-state index in [1.54, 1.807) is 12.1 Å². The Hall–Kier alpha value is -4.47. The molecule has 2 heterocycles. The van der Waals surface area contributed by atoms with Crippen LogP contribution in [0, 0.1) is 25.7 Å². The number of carbonyl (C=O) groups is 1. The van der Waals surface area contributed by atoms with Crippen molar-refractivity contribution in [3.8, 4) is 23.3 Å². The molecule has 1 aliphatic heterocycles. The Morgan fingerprint density at radius 1 is 0.975 bits per heavy atom. The van der Waals surface area contributed by atoms with Gasteiger partial charge in [0.1, 0.15) is 29.4 Å². The number of fused-ring (bicyclic) bond motifs is 1. The molecule has 0 amide bonds. The van der Waals surface area contributed by atoms with Crippen molar-refractivity contribution in [1.29, 1.82) is 0 Å². The number of ether oxygens (including phenoxy) is 2. The van der Waals surface area contributed by atoms with Crippen LogP contribution in [0.1, 0.15) is 40.9 Å². The van der Waals surface area contributed by atoms with Crippen molar-refractivity contribution in [3.63, 3.8) is 0 Å². The van der Waals surface area contributed by atoms with Gasteiger partial charge in [-0.2, -0.15) is 0 Å². The molecule has 5 rings (SSSR count). The summed E-state index contributed by atoms with van der Waals surface area (Å²) in [5.74, 6) is 7.69. The maximum atomic E-state index is 10.8. The Bertz CT molecular complexity index is 1580. The van der Waals surface area contributed by atoms with Crippen molar-refractivity contribution in [1.82, 2.24) is 4.90 Å². The molecule has 3 aromatic carbocycles. The Labute approximate surface area is 234 Å². The molecule has 4 aromatic rings. The van der Waals surface area contributed by atoms with Gasteiger partial charge in [0.25, 0.3) is 0 Å². The van der Waals surface area contributed by atoms with E-state index in [1.165, 1.54) is 12.8 Å². The zero-order valence-electron chi connectivity index (χ0n) is 22.9. The van der Waals surface area contributed by atoms with Crippen molar-refractivity contribution in [2.75, 3.05) is 32.8 Å². The number of likely N-dealkylation sites (tertiary alicyclic amines) is 1. The molecular weight excluding hydrogens is 502 g/mol. The van der Waals surface area contributed by atoms with E-state index in [-0.39, 0.29) is 6.61 Å². The number of furan rings is 1. The van der Waals surface area contributed by atoms with E-state index >= 15 is 0 Å². The number of carboxylic acid groups (broad SMARTS) is 1. The maximum Gasteiger partial charge on any atom is 0.341 e. The summed E-state index contributed by atoms with van der Waals surface area (Å²) in [7, 11) is 0. The second-order valence-electron chi connectivity index (χ2n) is 10.0. The van der Waals surface area contributed by atoms with Crippen molar-refractivity contribution < 1.29 is 23.8 Å². The molecule has 0 aliphatic carbocycles. The van der Waals surface area contributed by atoms with Crippen LogP contribution in [-0.2, 0) is 4.79 Å². The number of rotatable bonds is 9. The van der Waals surface area contributed by atoms with Crippen molar-refractivity contribution >= 4 is 22.5 Å². The third-order valence-electron chi connectivity index (χ3n) is 6.92. The third-order valence-corrected chi connectivity index (χ3v) is 6.92. The summed E-state index contributed by atoms with van der Waals surface area (Å²) in [6, 6.07) is 22.0. The van der Waals surface area contributed by atoms with Crippen molar-refractivity contribution in [2.24, 2.45) is 0 Å². The van der Waals surface area contributed by atoms with Gasteiger partial charge >= 0.3 is 5.97 Å². The normalized spacial score (nSPS) is 13.7. The predicted molar refractivity (Wildman–Crippen MR) is 157 cm³/mol. The summed E-state index contributed by atoms with van der Waals surface area (Å²) >= 11 is 0. The second-order valence-corrected chi connectivity index (χ2v) is 10.0. The lowest BCUT2D eigenvalue weighted by Gasteiger charge is -2.12.